The van der Waals surface area contributed by atoms with Gasteiger partial charge < -0.3 is 15.7 Å². The number of aliphatic carboxylic acids is 1. The smallest absolute Gasteiger partial charge is 0.322 e. The lowest BCUT2D eigenvalue weighted by molar-refractivity contribution is -0.134. The Morgan fingerprint density at radius 1 is 1.12 bits per heavy atom. The first-order chi connectivity index (χ1) is 11.5. The van der Waals surface area contributed by atoms with E-state index in [-0.39, 0.29) is 6.54 Å². The van der Waals surface area contributed by atoms with Crippen LogP contribution < -0.4 is 10.6 Å². The Kier molecular flexibility index (Phi) is 4.29. The molecule has 0 fully saturated rings. The van der Waals surface area contributed by atoms with Crippen LogP contribution in [0.4, 0.5) is 17.5 Å². The summed E-state index contributed by atoms with van der Waals surface area (Å²) in [4.78, 5) is 19.8. The third-order valence-electron chi connectivity index (χ3n) is 3.64. The maximum Gasteiger partial charge on any atom is 0.322 e. The van der Waals surface area contributed by atoms with Crippen LogP contribution in [0.1, 0.15) is 11.1 Å². The third-order valence-corrected chi connectivity index (χ3v) is 3.64. The lowest BCUT2D eigenvalue weighted by atomic mass is 10.1. The standard InChI is InChI=1S/C18H18N4O2/c1-11-7-8-14(12(2)9-11)20-18-21-15-6-4-3-5-13(15)17(22-18)19-10-16(23)24/h3-9H,10H2,1-2H3,(H,23,24)(H2,19,20,21,22). The van der Waals surface area contributed by atoms with Gasteiger partial charge in [-0.2, -0.15) is 4.98 Å². The van der Waals surface area contributed by atoms with E-state index in [0.717, 1.165) is 22.2 Å². The van der Waals surface area contributed by atoms with Gasteiger partial charge in [-0.05, 0) is 37.6 Å². The van der Waals surface area contributed by atoms with E-state index in [2.05, 4.69) is 26.7 Å². The predicted octanol–water partition coefficient (Wildman–Crippen LogP) is 3.49. The maximum atomic E-state index is 10.8. The number of benzene rings is 2. The topological polar surface area (TPSA) is 87.1 Å². The molecule has 0 unspecified atom stereocenters. The van der Waals surface area contributed by atoms with Crippen LogP contribution in [0.15, 0.2) is 42.5 Å². The Morgan fingerprint density at radius 2 is 1.92 bits per heavy atom. The van der Waals surface area contributed by atoms with E-state index in [9.17, 15) is 4.79 Å². The molecular weight excluding hydrogens is 304 g/mol. The van der Waals surface area contributed by atoms with Crippen LogP contribution in [0.5, 0.6) is 0 Å². The number of nitrogens with one attached hydrogen (secondary N) is 2. The fourth-order valence-electron chi connectivity index (χ4n) is 2.50. The molecule has 0 aliphatic carbocycles. The summed E-state index contributed by atoms with van der Waals surface area (Å²) in [5.41, 5.74) is 3.93. The van der Waals surface area contributed by atoms with Crippen molar-refractivity contribution >= 4 is 34.3 Å². The molecule has 3 rings (SSSR count). The second kappa shape index (κ2) is 6.54. The van der Waals surface area contributed by atoms with E-state index < -0.39 is 5.97 Å². The Labute approximate surface area is 139 Å². The van der Waals surface area contributed by atoms with Crippen molar-refractivity contribution in [3.05, 3.63) is 53.6 Å². The zero-order valence-electron chi connectivity index (χ0n) is 13.5. The summed E-state index contributed by atoms with van der Waals surface area (Å²) in [7, 11) is 0. The van der Waals surface area contributed by atoms with E-state index in [1.807, 2.05) is 50.2 Å². The second-order valence-electron chi connectivity index (χ2n) is 5.60. The van der Waals surface area contributed by atoms with E-state index in [1.54, 1.807) is 0 Å². The van der Waals surface area contributed by atoms with Crippen molar-refractivity contribution in [3.63, 3.8) is 0 Å². The monoisotopic (exact) mass is 322 g/mol. The molecule has 0 amide bonds. The molecule has 1 heterocycles. The zero-order chi connectivity index (χ0) is 17.1. The highest BCUT2D eigenvalue weighted by molar-refractivity contribution is 5.91. The second-order valence-corrected chi connectivity index (χ2v) is 5.60. The average molecular weight is 322 g/mol. The summed E-state index contributed by atoms with van der Waals surface area (Å²) >= 11 is 0. The number of fused-ring (bicyclic) bond motifs is 1. The number of aromatic nitrogens is 2. The number of aryl methyl sites for hydroxylation is 2. The SMILES string of the molecule is Cc1ccc(Nc2nc(NCC(=O)O)c3ccccc3n2)c(C)c1. The number of carboxylic acid groups (broad SMARTS) is 1. The molecule has 1 aromatic heterocycles. The molecule has 0 spiro atoms. The summed E-state index contributed by atoms with van der Waals surface area (Å²) in [5.74, 6) is -0.0228. The van der Waals surface area contributed by atoms with Gasteiger partial charge in [0.25, 0.3) is 0 Å². The Hall–Kier alpha value is -3.15. The van der Waals surface area contributed by atoms with Crippen LogP contribution in [0.3, 0.4) is 0 Å². The minimum atomic E-state index is -0.943. The largest absolute Gasteiger partial charge is 0.480 e. The highest BCUT2D eigenvalue weighted by Gasteiger charge is 2.09. The van der Waals surface area contributed by atoms with Crippen molar-refractivity contribution in [2.24, 2.45) is 0 Å². The quantitative estimate of drug-likeness (QED) is 0.666. The fourth-order valence-corrected chi connectivity index (χ4v) is 2.50. The number of carbonyl (C=O) groups is 1. The van der Waals surface area contributed by atoms with Crippen molar-refractivity contribution in [1.82, 2.24) is 9.97 Å². The molecule has 6 heteroatoms. The van der Waals surface area contributed by atoms with Crippen LogP contribution in [0.25, 0.3) is 10.9 Å². The number of para-hydroxylation sites is 1. The van der Waals surface area contributed by atoms with E-state index in [0.29, 0.717) is 11.8 Å². The van der Waals surface area contributed by atoms with Gasteiger partial charge in [0.05, 0.1) is 5.52 Å². The van der Waals surface area contributed by atoms with Gasteiger partial charge in [0.15, 0.2) is 0 Å². The molecule has 6 nitrogen and oxygen atoms in total. The molecule has 0 aliphatic rings. The van der Waals surface area contributed by atoms with E-state index >= 15 is 0 Å². The maximum absolute atomic E-state index is 10.8. The molecule has 24 heavy (non-hydrogen) atoms. The van der Waals surface area contributed by atoms with E-state index in [1.165, 1.54) is 5.56 Å². The minimum Gasteiger partial charge on any atom is -0.480 e. The molecule has 3 aromatic rings. The lowest BCUT2D eigenvalue weighted by Crippen LogP contribution is -2.14. The molecule has 0 radical (unpaired) electrons. The van der Waals surface area contributed by atoms with Crippen LogP contribution in [-0.4, -0.2) is 27.6 Å². The summed E-state index contributed by atoms with van der Waals surface area (Å²) in [6.07, 6.45) is 0. The average Bonchev–Trinajstić information content (AvgIpc) is 2.55. The molecule has 0 bridgehead atoms. The third kappa shape index (κ3) is 3.43. The molecule has 3 N–H and O–H groups in total. The fraction of sp³-hybridized carbons (Fsp3) is 0.167. The summed E-state index contributed by atoms with van der Waals surface area (Å²) < 4.78 is 0. The van der Waals surface area contributed by atoms with Crippen molar-refractivity contribution in [2.45, 2.75) is 13.8 Å². The Bertz CT molecular complexity index is 909. The minimum absolute atomic E-state index is 0.204. The molecule has 0 aliphatic heterocycles. The van der Waals surface area contributed by atoms with Crippen LogP contribution >= 0.6 is 0 Å². The highest BCUT2D eigenvalue weighted by Crippen LogP contribution is 2.25. The number of hydrogen-bond acceptors (Lipinski definition) is 5. The molecule has 2 aromatic carbocycles. The van der Waals surface area contributed by atoms with Gasteiger partial charge in [0, 0.05) is 11.1 Å². The summed E-state index contributed by atoms with van der Waals surface area (Å²) in [5, 5.41) is 15.7. The van der Waals surface area contributed by atoms with Gasteiger partial charge in [-0.25, -0.2) is 4.98 Å². The first kappa shape index (κ1) is 15.7. The van der Waals surface area contributed by atoms with Gasteiger partial charge in [-0.3, -0.25) is 4.79 Å². The lowest BCUT2D eigenvalue weighted by Gasteiger charge is -2.12. The number of nitrogens with zero attached hydrogens (tertiary/aromatic N) is 2. The van der Waals surface area contributed by atoms with Gasteiger partial charge in [-0.15, -0.1) is 0 Å². The molecule has 122 valence electrons. The van der Waals surface area contributed by atoms with Crippen LogP contribution in [0, 0.1) is 13.8 Å². The van der Waals surface area contributed by atoms with Gasteiger partial charge in [0.1, 0.15) is 12.4 Å². The van der Waals surface area contributed by atoms with Crippen molar-refractivity contribution < 1.29 is 9.90 Å². The van der Waals surface area contributed by atoms with Crippen molar-refractivity contribution in [1.29, 1.82) is 0 Å². The first-order valence-corrected chi connectivity index (χ1v) is 7.59. The summed E-state index contributed by atoms with van der Waals surface area (Å²) in [6, 6.07) is 13.6. The normalized spacial score (nSPS) is 10.6. The zero-order valence-corrected chi connectivity index (χ0v) is 13.5. The predicted molar refractivity (Wildman–Crippen MR) is 94.9 cm³/mol. The van der Waals surface area contributed by atoms with Gasteiger partial charge in [0.2, 0.25) is 5.95 Å². The Morgan fingerprint density at radius 3 is 2.67 bits per heavy atom. The van der Waals surface area contributed by atoms with Crippen molar-refractivity contribution in [3.8, 4) is 0 Å². The molecule has 0 saturated heterocycles. The first-order valence-electron chi connectivity index (χ1n) is 7.59. The van der Waals surface area contributed by atoms with Crippen LogP contribution in [-0.2, 0) is 4.79 Å². The number of hydrogen-bond donors (Lipinski definition) is 3. The number of carboxylic acids is 1. The van der Waals surface area contributed by atoms with Gasteiger partial charge in [-0.1, -0.05) is 29.8 Å². The number of anilines is 3. The van der Waals surface area contributed by atoms with Crippen molar-refractivity contribution in [2.75, 3.05) is 17.2 Å². The van der Waals surface area contributed by atoms with Crippen LogP contribution in [0.2, 0.25) is 0 Å². The number of rotatable bonds is 5. The molecular formula is C18H18N4O2. The Balaban J connectivity index is 1.99. The van der Waals surface area contributed by atoms with E-state index in [4.69, 9.17) is 5.11 Å². The van der Waals surface area contributed by atoms with Gasteiger partial charge >= 0.3 is 5.97 Å². The molecule has 0 saturated carbocycles. The molecule has 0 atom stereocenters. The highest BCUT2D eigenvalue weighted by atomic mass is 16.4. The summed E-state index contributed by atoms with van der Waals surface area (Å²) in [6.45, 7) is 3.85.